The fraction of sp³-hybridized carbons (Fsp3) is 0.143. The standard InChI is InChI=1S/C14H13N3O/c1-17-9-11(8-15-17)12-7-10-5-3-4-6-13(10)16-14(12)18-2/h3-9H,1-2H3. The highest BCUT2D eigenvalue weighted by Crippen LogP contribution is 2.30. The van der Waals surface area contributed by atoms with Crippen LogP contribution in [-0.2, 0) is 7.05 Å². The molecule has 0 bridgehead atoms. The summed E-state index contributed by atoms with van der Waals surface area (Å²) in [5, 5.41) is 5.28. The molecule has 2 aromatic heterocycles. The van der Waals surface area contributed by atoms with E-state index in [1.54, 1.807) is 11.8 Å². The minimum absolute atomic E-state index is 0.627. The summed E-state index contributed by atoms with van der Waals surface area (Å²) in [4.78, 5) is 4.52. The second-order valence-electron chi connectivity index (χ2n) is 4.14. The van der Waals surface area contributed by atoms with Gasteiger partial charge in [0, 0.05) is 29.8 Å². The number of nitrogens with zero attached hydrogens (tertiary/aromatic N) is 3. The fourth-order valence-electron chi connectivity index (χ4n) is 2.02. The SMILES string of the molecule is COc1nc2ccccc2cc1-c1cnn(C)c1. The number of aryl methyl sites for hydroxylation is 1. The number of hydrogen-bond acceptors (Lipinski definition) is 3. The van der Waals surface area contributed by atoms with E-state index >= 15 is 0 Å². The van der Waals surface area contributed by atoms with Crippen LogP contribution in [0.4, 0.5) is 0 Å². The maximum atomic E-state index is 5.37. The van der Waals surface area contributed by atoms with Crippen LogP contribution in [0.25, 0.3) is 22.0 Å². The van der Waals surface area contributed by atoms with E-state index in [0.29, 0.717) is 5.88 Å². The van der Waals surface area contributed by atoms with Crippen molar-refractivity contribution in [1.82, 2.24) is 14.8 Å². The van der Waals surface area contributed by atoms with Gasteiger partial charge in [0.1, 0.15) is 0 Å². The number of fused-ring (bicyclic) bond motifs is 1. The first-order chi connectivity index (χ1) is 8.78. The summed E-state index contributed by atoms with van der Waals surface area (Å²) in [6.45, 7) is 0. The molecular weight excluding hydrogens is 226 g/mol. The number of aromatic nitrogens is 3. The van der Waals surface area contributed by atoms with E-state index < -0.39 is 0 Å². The zero-order valence-corrected chi connectivity index (χ0v) is 10.3. The van der Waals surface area contributed by atoms with E-state index in [9.17, 15) is 0 Å². The van der Waals surface area contributed by atoms with Gasteiger partial charge in [-0.2, -0.15) is 5.10 Å². The molecule has 0 aliphatic carbocycles. The Morgan fingerprint density at radius 1 is 1.22 bits per heavy atom. The lowest BCUT2D eigenvalue weighted by molar-refractivity contribution is 0.401. The first-order valence-electron chi connectivity index (χ1n) is 5.71. The van der Waals surface area contributed by atoms with Crippen LogP contribution in [0.5, 0.6) is 5.88 Å². The monoisotopic (exact) mass is 239 g/mol. The third-order valence-electron chi connectivity index (χ3n) is 2.90. The van der Waals surface area contributed by atoms with Crippen molar-refractivity contribution in [3.8, 4) is 17.0 Å². The molecular formula is C14H13N3O. The molecule has 4 heteroatoms. The largest absolute Gasteiger partial charge is 0.481 e. The van der Waals surface area contributed by atoms with Crippen molar-refractivity contribution in [2.24, 2.45) is 7.05 Å². The summed E-state index contributed by atoms with van der Waals surface area (Å²) < 4.78 is 7.14. The Bertz CT molecular complexity index is 703. The van der Waals surface area contributed by atoms with E-state index in [0.717, 1.165) is 22.0 Å². The molecule has 0 N–H and O–H groups in total. The van der Waals surface area contributed by atoms with Crippen LogP contribution in [0.15, 0.2) is 42.7 Å². The zero-order valence-electron chi connectivity index (χ0n) is 10.3. The number of ether oxygens (including phenoxy) is 1. The van der Waals surface area contributed by atoms with Gasteiger partial charge in [-0.05, 0) is 12.1 Å². The third kappa shape index (κ3) is 1.72. The van der Waals surface area contributed by atoms with Gasteiger partial charge in [0.15, 0.2) is 0 Å². The molecule has 0 amide bonds. The molecule has 3 rings (SSSR count). The number of hydrogen-bond donors (Lipinski definition) is 0. The van der Waals surface area contributed by atoms with Crippen LogP contribution >= 0.6 is 0 Å². The summed E-state index contributed by atoms with van der Waals surface area (Å²) in [7, 11) is 3.53. The summed E-state index contributed by atoms with van der Waals surface area (Å²) in [5.41, 5.74) is 2.90. The van der Waals surface area contributed by atoms with E-state index in [2.05, 4.69) is 16.1 Å². The van der Waals surface area contributed by atoms with Crippen LogP contribution < -0.4 is 4.74 Å². The molecule has 0 saturated heterocycles. The Morgan fingerprint density at radius 2 is 2.06 bits per heavy atom. The molecule has 0 unspecified atom stereocenters. The highest BCUT2D eigenvalue weighted by molar-refractivity contribution is 5.85. The van der Waals surface area contributed by atoms with Gasteiger partial charge in [0.25, 0.3) is 0 Å². The average molecular weight is 239 g/mol. The second kappa shape index (κ2) is 4.14. The van der Waals surface area contributed by atoms with Crippen molar-refractivity contribution in [3.63, 3.8) is 0 Å². The van der Waals surface area contributed by atoms with Crippen molar-refractivity contribution in [2.75, 3.05) is 7.11 Å². The van der Waals surface area contributed by atoms with E-state index in [4.69, 9.17) is 4.74 Å². The van der Waals surface area contributed by atoms with Crippen molar-refractivity contribution in [3.05, 3.63) is 42.7 Å². The van der Waals surface area contributed by atoms with Gasteiger partial charge < -0.3 is 4.74 Å². The Morgan fingerprint density at radius 3 is 2.78 bits per heavy atom. The van der Waals surface area contributed by atoms with Gasteiger partial charge in [-0.15, -0.1) is 0 Å². The fourth-order valence-corrected chi connectivity index (χ4v) is 2.02. The van der Waals surface area contributed by atoms with E-state index in [1.165, 1.54) is 0 Å². The minimum Gasteiger partial charge on any atom is -0.481 e. The summed E-state index contributed by atoms with van der Waals surface area (Å²) in [6.07, 6.45) is 3.77. The minimum atomic E-state index is 0.627. The number of methoxy groups -OCH3 is 1. The molecule has 0 atom stereocenters. The topological polar surface area (TPSA) is 39.9 Å². The Labute approximate surface area is 105 Å². The van der Waals surface area contributed by atoms with Gasteiger partial charge in [-0.25, -0.2) is 4.98 Å². The van der Waals surface area contributed by atoms with Gasteiger partial charge in [0.2, 0.25) is 5.88 Å². The van der Waals surface area contributed by atoms with Gasteiger partial charge in [-0.1, -0.05) is 18.2 Å². The lowest BCUT2D eigenvalue weighted by atomic mass is 10.1. The van der Waals surface area contributed by atoms with Crippen molar-refractivity contribution >= 4 is 10.9 Å². The van der Waals surface area contributed by atoms with Crippen LogP contribution in [0.3, 0.4) is 0 Å². The van der Waals surface area contributed by atoms with Crippen LogP contribution in [0.2, 0.25) is 0 Å². The maximum Gasteiger partial charge on any atom is 0.221 e. The van der Waals surface area contributed by atoms with Crippen LogP contribution in [0.1, 0.15) is 0 Å². The first kappa shape index (κ1) is 10.8. The molecule has 18 heavy (non-hydrogen) atoms. The zero-order chi connectivity index (χ0) is 12.5. The average Bonchev–Trinajstić information content (AvgIpc) is 2.83. The molecule has 4 nitrogen and oxygen atoms in total. The lowest BCUT2D eigenvalue weighted by Gasteiger charge is -2.07. The highest BCUT2D eigenvalue weighted by Gasteiger charge is 2.10. The molecule has 3 aromatic rings. The summed E-state index contributed by atoms with van der Waals surface area (Å²) >= 11 is 0. The number of pyridine rings is 1. The Kier molecular flexibility index (Phi) is 2.48. The van der Waals surface area contributed by atoms with Gasteiger partial charge >= 0.3 is 0 Å². The van der Waals surface area contributed by atoms with Crippen LogP contribution in [-0.4, -0.2) is 21.9 Å². The molecule has 90 valence electrons. The third-order valence-corrected chi connectivity index (χ3v) is 2.90. The Hall–Kier alpha value is -2.36. The van der Waals surface area contributed by atoms with Gasteiger partial charge in [-0.3, -0.25) is 4.68 Å². The number of benzene rings is 1. The second-order valence-corrected chi connectivity index (χ2v) is 4.14. The van der Waals surface area contributed by atoms with Crippen molar-refractivity contribution in [1.29, 1.82) is 0 Å². The number of para-hydroxylation sites is 1. The molecule has 0 fully saturated rings. The van der Waals surface area contributed by atoms with Gasteiger partial charge in [0.05, 0.1) is 18.8 Å². The summed E-state index contributed by atoms with van der Waals surface area (Å²) in [6, 6.07) is 10.1. The number of rotatable bonds is 2. The van der Waals surface area contributed by atoms with Crippen molar-refractivity contribution in [2.45, 2.75) is 0 Å². The molecule has 0 spiro atoms. The highest BCUT2D eigenvalue weighted by atomic mass is 16.5. The van der Waals surface area contributed by atoms with E-state index in [-0.39, 0.29) is 0 Å². The molecule has 0 radical (unpaired) electrons. The predicted molar refractivity (Wildman–Crippen MR) is 70.5 cm³/mol. The maximum absolute atomic E-state index is 5.37. The normalized spacial score (nSPS) is 10.8. The van der Waals surface area contributed by atoms with Crippen LogP contribution in [0, 0.1) is 0 Å². The Balaban J connectivity index is 2.26. The molecule has 0 aliphatic heterocycles. The molecule has 0 aliphatic rings. The quantitative estimate of drug-likeness (QED) is 0.690. The van der Waals surface area contributed by atoms with Crippen molar-refractivity contribution < 1.29 is 4.74 Å². The predicted octanol–water partition coefficient (Wildman–Crippen LogP) is 2.64. The smallest absolute Gasteiger partial charge is 0.221 e. The molecule has 1 aromatic carbocycles. The molecule has 2 heterocycles. The lowest BCUT2D eigenvalue weighted by Crippen LogP contribution is -1.92. The van der Waals surface area contributed by atoms with E-state index in [1.807, 2.05) is 43.7 Å². The first-order valence-corrected chi connectivity index (χ1v) is 5.71. The summed E-state index contributed by atoms with van der Waals surface area (Å²) in [5.74, 6) is 0.627. The molecule has 0 saturated carbocycles.